The van der Waals surface area contributed by atoms with Gasteiger partial charge in [-0.2, -0.15) is 9.61 Å². The standard InChI is InChI=1S/C27H27FN6O2/c1-17-15-26(34-25(29-17)16-24(32-34)19-3-5-21(28)6-4-19)33-13-11-20(12-14-33)27(36)31-23-9-7-22(8-10-23)30-18(2)35/h3-10,15-16,20H,11-14H2,1-2H3,(H,30,35)(H,31,36). The highest BCUT2D eigenvalue weighted by molar-refractivity contribution is 5.93. The molecule has 4 aromatic rings. The Morgan fingerprint density at radius 2 is 1.58 bits per heavy atom. The van der Waals surface area contributed by atoms with E-state index in [1.165, 1.54) is 19.1 Å². The van der Waals surface area contributed by atoms with Gasteiger partial charge in [-0.25, -0.2) is 9.37 Å². The van der Waals surface area contributed by atoms with Gasteiger partial charge in [0.05, 0.1) is 5.69 Å². The first-order valence-corrected chi connectivity index (χ1v) is 11.9. The second-order valence-corrected chi connectivity index (χ2v) is 9.07. The summed E-state index contributed by atoms with van der Waals surface area (Å²) in [6.45, 7) is 4.83. The number of anilines is 3. The highest BCUT2D eigenvalue weighted by Crippen LogP contribution is 2.28. The van der Waals surface area contributed by atoms with Gasteiger partial charge in [0.15, 0.2) is 5.65 Å². The van der Waals surface area contributed by atoms with E-state index in [4.69, 9.17) is 5.10 Å². The summed E-state index contributed by atoms with van der Waals surface area (Å²) in [6, 6.07) is 17.3. The van der Waals surface area contributed by atoms with Gasteiger partial charge in [0.25, 0.3) is 0 Å². The number of aromatic nitrogens is 3. The second kappa shape index (κ2) is 9.77. The Morgan fingerprint density at radius 1 is 0.944 bits per heavy atom. The van der Waals surface area contributed by atoms with E-state index in [0.717, 1.165) is 28.4 Å². The Kier molecular flexibility index (Phi) is 6.37. The van der Waals surface area contributed by atoms with Crippen molar-refractivity contribution >= 4 is 34.7 Å². The van der Waals surface area contributed by atoms with Crippen LogP contribution in [0.25, 0.3) is 16.9 Å². The molecule has 1 aliphatic heterocycles. The molecule has 1 fully saturated rings. The van der Waals surface area contributed by atoms with Crippen molar-refractivity contribution < 1.29 is 14.0 Å². The topological polar surface area (TPSA) is 91.6 Å². The molecular weight excluding hydrogens is 459 g/mol. The van der Waals surface area contributed by atoms with Gasteiger partial charge in [0.2, 0.25) is 11.8 Å². The molecule has 0 bridgehead atoms. The molecule has 0 aliphatic carbocycles. The molecule has 8 nitrogen and oxygen atoms in total. The average molecular weight is 487 g/mol. The number of carbonyl (C=O) groups excluding carboxylic acids is 2. The fraction of sp³-hybridized carbons (Fsp3) is 0.259. The molecule has 2 aromatic heterocycles. The summed E-state index contributed by atoms with van der Waals surface area (Å²) in [5, 5.41) is 10.4. The Hall–Kier alpha value is -4.27. The Balaban J connectivity index is 1.27. The van der Waals surface area contributed by atoms with Crippen molar-refractivity contribution in [2.24, 2.45) is 5.92 Å². The van der Waals surface area contributed by atoms with Crippen LogP contribution in [0.3, 0.4) is 0 Å². The molecule has 36 heavy (non-hydrogen) atoms. The van der Waals surface area contributed by atoms with Gasteiger partial charge in [0, 0.05) is 60.7 Å². The van der Waals surface area contributed by atoms with Crippen molar-refractivity contribution in [1.82, 2.24) is 14.6 Å². The summed E-state index contributed by atoms with van der Waals surface area (Å²) in [6.07, 6.45) is 1.43. The van der Waals surface area contributed by atoms with Crippen LogP contribution in [0, 0.1) is 18.7 Å². The minimum absolute atomic E-state index is 0.00401. The first kappa shape index (κ1) is 23.5. The lowest BCUT2D eigenvalue weighted by atomic mass is 9.95. The van der Waals surface area contributed by atoms with Crippen LogP contribution in [0.15, 0.2) is 60.7 Å². The van der Waals surface area contributed by atoms with Crippen molar-refractivity contribution in [3.63, 3.8) is 0 Å². The molecule has 0 atom stereocenters. The van der Waals surface area contributed by atoms with Crippen LogP contribution in [0.4, 0.5) is 21.6 Å². The monoisotopic (exact) mass is 486 g/mol. The Labute approximate surface area is 208 Å². The number of halogens is 1. The number of piperidine rings is 1. The van der Waals surface area contributed by atoms with Crippen LogP contribution >= 0.6 is 0 Å². The van der Waals surface area contributed by atoms with Crippen molar-refractivity contribution in [3.8, 4) is 11.3 Å². The van der Waals surface area contributed by atoms with Gasteiger partial charge in [-0.05, 0) is 68.3 Å². The third kappa shape index (κ3) is 5.05. The summed E-state index contributed by atoms with van der Waals surface area (Å²) in [4.78, 5) is 30.9. The molecule has 2 aromatic carbocycles. The molecule has 3 heterocycles. The van der Waals surface area contributed by atoms with Crippen molar-refractivity contribution in [2.75, 3.05) is 28.6 Å². The lowest BCUT2D eigenvalue weighted by molar-refractivity contribution is -0.120. The number of amides is 2. The van der Waals surface area contributed by atoms with Crippen molar-refractivity contribution in [1.29, 1.82) is 0 Å². The van der Waals surface area contributed by atoms with Gasteiger partial charge in [-0.15, -0.1) is 0 Å². The van der Waals surface area contributed by atoms with E-state index in [2.05, 4.69) is 20.5 Å². The number of fused-ring (bicyclic) bond motifs is 1. The van der Waals surface area contributed by atoms with E-state index in [1.807, 2.05) is 23.6 Å². The van der Waals surface area contributed by atoms with Crippen LogP contribution in [-0.4, -0.2) is 39.5 Å². The molecule has 184 valence electrons. The lowest BCUT2D eigenvalue weighted by Gasteiger charge is -2.33. The van der Waals surface area contributed by atoms with Gasteiger partial charge in [-0.3, -0.25) is 9.59 Å². The first-order chi connectivity index (χ1) is 17.4. The van der Waals surface area contributed by atoms with Crippen LogP contribution < -0.4 is 15.5 Å². The molecule has 2 amide bonds. The molecule has 1 aliphatic rings. The van der Waals surface area contributed by atoms with Gasteiger partial charge in [0.1, 0.15) is 11.6 Å². The molecule has 9 heteroatoms. The number of benzene rings is 2. The van der Waals surface area contributed by atoms with Crippen molar-refractivity contribution in [3.05, 3.63) is 72.2 Å². The third-order valence-electron chi connectivity index (χ3n) is 6.34. The largest absolute Gasteiger partial charge is 0.356 e. The predicted molar refractivity (Wildman–Crippen MR) is 137 cm³/mol. The van der Waals surface area contributed by atoms with E-state index in [1.54, 1.807) is 36.4 Å². The van der Waals surface area contributed by atoms with Gasteiger partial charge < -0.3 is 15.5 Å². The summed E-state index contributed by atoms with van der Waals surface area (Å²) < 4.78 is 15.2. The van der Waals surface area contributed by atoms with E-state index in [0.29, 0.717) is 37.3 Å². The normalized spacial score (nSPS) is 14.1. The highest BCUT2D eigenvalue weighted by Gasteiger charge is 2.27. The molecule has 0 saturated carbocycles. The molecule has 0 unspecified atom stereocenters. The van der Waals surface area contributed by atoms with Gasteiger partial charge in [-0.1, -0.05) is 0 Å². The predicted octanol–water partition coefficient (Wildman–Crippen LogP) is 4.66. The number of carbonyl (C=O) groups is 2. The molecular formula is C27H27FN6O2. The zero-order chi connectivity index (χ0) is 25.2. The fourth-order valence-electron chi connectivity index (χ4n) is 4.52. The molecule has 1 saturated heterocycles. The molecule has 0 radical (unpaired) electrons. The van der Waals surface area contributed by atoms with E-state index in [9.17, 15) is 14.0 Å². The maximum absolute atomic E-state index is 13.3. The average Bonchev–Trinajstić information content (AvgIpc) is 3.29. The SMILES string of the molecule is CC(=O)Nc1ccc(NC(=O)C2CCN(c3cc(C)nc4cc(-c5ccc(F)cc5)nn34)CC2)cc1. The quantitative estimate of drug-likeness (QED) is 0.428. The molecule has 2 N–H and O–H groups in total. The number of aryl methyl sites for hydroxylation is 1. The van der Waals surface area contributed by atoms with Crippen LogP contribution in [-0.2, 0) is 9.59 Å². The van der Waals surface area contributed by atoms with Crippen LogP contribution in [0.5, 0.6) is 0 Å². The zero-order valence-electron chi connectivity index (χ0n) is 20.2. The van der Waals surface area contributed by atoms with E-state index < -0.39 is 0 Å². The van der Waals surface area contributed by atoms with E-state index in [-0.39, 0.29) is 23.5 Å². The first-order valence-electron chi connectivity index (χ1n) is 11.9. The van der Waals surface area contributed by atoms with Crippen LogP contribution in [0.1, 0.15) is 25.5 Å². The summed E-state index contributed by atoms with van der Waals surface area (Å²) in [7, 11) is 0. The molecule has 0 spiro atoms. The van der Waals surface area contributed by atoms with Gasteiger partial charge >= 0.3 is 0 Å². The molecule has 5 rings (SSSR count). The summed E-state index contributed by atoms with van der Waals surface area (Å²) in [5.74, 6) is 0.407. The number of hydrogen-bond acceptors (Lipinski definition) is 5. The summed E-state index contributed by atoms with van der Waals surface area (Å²) in [5.41, 5.74) is 4.55. The fourth-order valence-corrected chi connectivity index (χ4v) is 4.52. The highest BCUT2D eigenvalue weighted by atomic mass is 19.1. The minimum Gasteiger partial charge on any atom is -0.356 e. The Morgan fingerprint density at radius 3 is 2.22 bits per heavy atom. The van der Waals surface area contributed by atoms with Crippen LogP contribution in [0.2, 0.25) is 0 Å². The maximum Gasteiger partial charge on any atom is 0.227 e. The maximum atomic E-state index is 13.3. The number of nitrogens with one attached hydrogen (secondary N) is 2. The number of nitrogens with zero attached hydrogens (tertiary/aromatic N) is 4. The third-order valence-corrected chi connectivity index (χ3v) is 6.34. The van der Waals surface area contributed by atoms with Crippen molar-refractivity contribution in [2.45, 2.75) is 26.7 Å². The smallest absolute Gasteiger partial charge is 0.227 e. The number of hydrogen-bond donors (Lipinski definition) is 2. The lowest BCUT2D eigenvalue weighted by Crippen LogP contribution is -2.39. The zero-order valence-corrected chi connectivity index (χ0v) is 20.2. The minimum atomic E-state index is -0.286. The summed E-state index contributed by atoms with van der Waals surface area (Å²) >= 11 is 0. The van der Waals surface area contributed by atoms with E-state index >= 15 is 0 Å². The number of rotatable bonds is 5. The second-order valence-electron chi connectivity index (χ2n) is 9.07. The Bertz CT molecular complexity index is 1410.